The van der Waals surface area contributed by atoms with Crippen LogP contribution >= 0.6 is 0 Å². The number of aromatic nitrogens is 3. The Morgan fingerprint density at radius 3 is 1.52 bits per heavy atom. The molecular formula is C58H47N3Si. The van der Waals surface area contributed by atoms with Gasteiger partial charge in [-0.25, -0.2) is 9.97 Å². The molecule has 1 aliphatic carbocycles. The third-order valence-electron chi connectivity index (χ3n) is 13.2. The van der Waals surface area contributed by atoms with Crippen molar-refractivity contribution < 1.29 is 0 Å². The van der Waals surface area contributed by atoms with Crippen LogP contribution in [0.3, 0.4) is 0 Å². The number of para-hydroxylation sites is 2. The first-order chi connectivity index (χ1) is 30.8. The molecule has 11 rings (SSSR count). The van der Waals surface area contributed by atoms with Crippen LogP contribution in [-0.2, 0) is 0 Å². The lowest BCUT2D eigenvalue weighted by atomic mass is 9.80. The van der Waals surface area contributed by atoms with Crippen LogP contribution in [0.2, 0.25) is 0 Å². The topological polar surface area (TPSA) is 30.7 Å². The van der Waals surface area contributed by atoms with Crippen LogP contribution in [0.25, 0.3) is 61.4 Å². The highest BCUT2D eigenvalue weighted by atomic mass is 28.3. The molecule has 0 saturated heterocycles. The molecule has 0 radical (unpaired) electrons. The number of nitrogens with zero attached hydrogens (tertiary/aromatic N) is 3. The van der Waals surface area contributed by atoms with E-state index in [1.54, 1.807) is 0 Å². The van der Waals surface area contributed by atoms with Gasteiger partial charge in [-0.1, -0.05) is 213 Å². The molecule has 0 atom stereocenters. The SMILES string of the molecule is c1ccc(-c2ccc(C3CCCCC3)c(-c3cc(-n4c5ccccc5c5ccccc54)nc(-c4cccc([Si](c5ccccc5)(c5ccccc5)c5ccccc5)c4)n3)c2)cc1. The molecule has 1 aliphatic rings. The smallest absolute Gasteiger partial charge is 0.179 e. The molecule has 2 aromatic heterocycles. The second-order valence-corrected chi connectivity index (χ2v) is 20.5. The summed E-state index contributed by atoms with van der Waals surface area (Å²) in [6.45, 7) is 0. The minimum Gasteiger partial charge on any atom is -0.294 e. The van der Waals surface area contributed by atoms with Gasteiger partial charge >= 0.3 is 0 Å². The third-order valence-corrected chi connectivity index (χ3v) is 18.0. The summed E-state index contributed by atoms with van der Waals surface area (Å²) in [5, 5.41) is 7.73. The van der Waals surface area contributed by atoms with Gasteiger partial charge in [0.15, 0.2) is 13.9 Å². The number of hydrogen-bond donors (Lipinski definition) is 0. The Hall–Kier alpha value is -7.14. The maximum atomic E-state index is 5.67. The zero-order valence-electron chi connectivity index (χ0n) is 34.7. The zero-order chi connectivity index (χ0) is 41.3. The van der Waals surface area contributed by atoms with E-state index in [2.05, 4.69) is 223 Å². The molecule has 8 aromatic carbocycles. The van der Waals surface area contributed by atoms with Crippen molar-refractivity contribution in [3.05, 3.63) is 224 Å². The molecule has 3 nitrogen and oxygen atoms in total. The Morgan fingerprint density at radius 1 is 0.403 bits per heavy atom. The van der Waals surface area contributed by atoms with Gasteiger partial charge in [-0.05, 0) is 74.4 Å². The molecule has 298 valence electrons. The summed E-state index contributed by atoms with van der Waals surface area (Å²) in [7, 11) is -2.82. The lowest BCUT2D eigenvalue weighted by molar-refractivity contribution is 0.444. The van der Waals surface area contributed by atoms with Crippen LogP contribution in [0, 0.1) is 0 Å². The minimum atomic E-state index is -2.82. The third kappa shape index (κ3) is 6.68. The molecule has 0 N–H and O–H groups in total. The lowest BCUT2D eigenvalue weighted by Crippen LogP contribution is -2.74. The van der Waals surface area contributed by atoms with E-state index in [-0.39, 0.29) is 0 Å². The highest BCUT2D eigenvalue weighted by Gasteiger charge is 2.41. The van der Waals surface area contributed by atoms with E-state index in [1.165, 1.54) is 85.9 Å². The second-order valence-electron chi connectivity index (χ2n) is 16.7. The summed E-state index contributed by atoms with van der Waals surface area (Å²) >= 11 is 0. The van der Waals surface area contributed by atoms with E-state index in [9.17, 15) is 0 Å². The van der Waals surface area contributed by atoms with Crippen molar-refractivity contribution in [2.75, 3.05) is 0 Å². The molecule has 0 amide bonds. The number of fused-ring (bicyclic) bond motifs is 3. The molecular weight excluding hydrogens is 767 g/mol. The average Bonchev–Trinajstić information content (AvgIpc) is 3.70. The summed E-state index contributed by atoms with van der Waals surface area (Å²) in [5.74, 6) is 2.07. The van der Waals surface area contributed by atoms with Gasteiger partial charge < -0.3 is 0 Å². The zero-order valence-corrected chi connectivity index (χ0v) is 35.7. The fourth-order valence-corrected chi connectivity index (χ4v) is 15.1. The summed E-state index contributed by atoms with van der Waals surface area (Å²) < 4.78 is 2.35. The van der Waals surface area contributed by atoms with Crippen LogP contribution in [0.4, 0.5) is 0 Å². The lowest BCUT2D eigenvalue weighted by Gasteiger charge is -2.34. The molecule has 1 fully saturated rings. The second kappa shape index (κ2) is 16.4. The predicted molar refractivity (Wildman–Crippen MR) is 262 cm³/mol. The van der Waals surface area contributed by atoms with Gasteiger partial charge in [0.1, 0.15) is 5.82 Å². The van der Waals surface area contributed by atoms with E-state index in [4.69, 9.17) is 9.97 Å². The van der Waals surface area contributed by atoms with Crippen LogP contribution in [0.15, 0.2) is 218 Å². The fraction of sp³-hybridized carbons (Fsp3) is 0.103. The highest BCUT2D eigenvalue weighted by molar-refractivity contribution is 7.19. The van der Waals surface area contributed by atoms with Gasteiger partial charge in [-0.3, -0.25) is 4.57 Å². The van der Waals surface area contributed by atoms with E-state index in [0.717, 1.165) is 33.9 Å². The quantitative estimate of drug-likeness (QED) is 0.107. The molecule has 0 unspecified atom stereocenters. The van der Waals surface area contributed by atoms with Gasteiger partial charge in [0, 0.05) is 28.0 Å². The molecule has 10 aromatic rings. The van der Waals surface area contributed by atoms with Gasteiger partial charge in [0.25, 0.3) is 0 Å². The van der Waals surface area contributed by atoms with Crippen LogP contribution < -0.4 is 20.7 Å². The van der Waals surface area contributed by atoms with Crippen molar-refractivity contribution >= 4 is 50.6 Å². The van der Waals surface area contributed by atoms with E-state index in [1.807, 2.05) is 0 Å². The number of benzene rings is 8. The standard InChI is InChI=1S/C58H47N3Si/c1-6-21-42(22-7-1)44-37-38-50(43-23-8-2-9-24-43)53(40-44)54-41-57(61-55-35-18-16-33-51(55)52-34-17-19-36-56(52)61)60-58(59-54)45-25-20-32-49(39-45)62(46-26-10-3-11-27-46,47-28-12-4-13-29-47)48-30-14-5-15-31-48/h1,3-7,10-22,25-41,43H,2,8-9,23-24H2. The summed E-state index contributed by atoms with van der Waals surface area (Å²) in [6.07, 6.45) is 6.22. The van der Waals surface area contributed by atoms with Crippen LogP contribution in [0.1, 0.15) is 43.6 Å². The van der Waals surface area contributed by atoms with Crippen molar-refractivity contribution in [3.63, 3.8) is 0 Å². The van der Waals surface area contributed by atoms with Gasteiger partial charge in [0.05, 0.1) is 16.7 Å². The molecule has 4 heteroatoms. The van der Waals surface area contributed by atoms with Crippen molar-refractivity contribution in [1.82, 2.24) is 14.5 Å². The molecule has 1 saturated carbocycles. The van der Waals surface area contributed by atoms with E-state index < -0.39 is 8.07 Å². The van der Waals surface area contributed by atoms with E-state index in [0.29, 0.717) is 5.92 Å². The summed E-state index contributed by atoms with van der Waals surface area (Å²) in [6, 6.07) is 80.2. The van der Waals surface area contributed by atoms with Gasteiger partial charge in [0.2, 0.25) is 0 Å². The summed E-state index contributed by atoms with van der Waals surface area (Å²) in [5.41, 5.74) is 9.21. The van der Waals surface area contributed by atoms with Gasteiger partial charge in [-0.2, -0.15) is 0 Å². The monoisotopic (exact) mass is 813 g/mol. The Labute approximate surface area is 365 Å². The maximum Gasteiger partial charge on any atom is 0.179 e. The van der Waals surface area contributed by atoms with Gasteiger partial charge in [-0.15, -0.1) is 0 Å². The molecule has 62 heavy (non-hydrogen) atoms. The van der Waals surface area contributed by atoms with E-state index >= 15 is 0 Å². The normalized spacial score (nSPS) is 13.4. The highest BCUT2D eigenvalue weighted by Crippen LogP contribution is 2.41. The number of rotatable bonds is 9. The molecule has 0 bridgehead atoms. The summed E-state index contributed by atoms with van der Waals surface area (Å²) in [4.78, 5) is 11.3. The van der Waals surface area contributed by atoms with Crippen LogP contribution in [-0.4, -0.2) is 22.6 Å². The minimum absolute atomic E-state index is 0.483. The largest absolute Gasteiger partial charge is 0.294 e. The predicted octanol–water partition coefficient (Wildman–Crippen LogP) is 12.0. The first-order valence-corrected chi connectivity index (χ1v) is 24.1. The Morgan fingerprint density at radius 2 is 0.919 bits per heavy atom. The molecule has 0 aliphatic heterocycles. The fourth-order valence-electron chi connectivity index (χ4n) is 10.3. The molecule has 0 spiro atoms. The van der Waals surface area contributed by atoms with Crippen molar-refractivity contribution in [3.8, 4) is 39.6 Å². The Bertz CT molecular complexity index is 3000. The van der Waals surface area contributed by atoms with Crippen molar-refractivity contribution in [2.45, 2.75) is 38.0 Å². The van der Waals surface area contributed by atoms with Crippen molar-refractivity contribution in [1.29, 1.82) is 0 Å². The molecule has 2 heterocycles. The van der Waals surface area contributed by atoms with Crippen LogP contribution in [0.5, 0.6) is 0 Å². The number of hydrogen-bond acceptors (Lipinski definition) is 2. The maximum absolute atomic E-state index is 5.67. The average molecular weight is 814 g/mol. The Kier molecular flexibility index (Phi) is 9.99. The Balaban J connectivity index is 1.19. The van der Waals surface area contributed by atoms with Crippen molar-refractivity contribution in [2.24, 2.45) is 0 Å². The first-order valence-electron chi connectivity index (χ1n) is 22.1. The first kappa shape index (κ1) is 37.8.